The van der Waals surface area contributed by atoms with Crippen molar-refractivity contribution >= 4 is 16.9 Å². The fourth-order valence-corrected chi connectivity index (χ4v) is 3.04. The molecule has 5 heteroatoms. The second-order valence-electron chi connectivity index (χ2n) is 6.98. The maximum Gasteiger partial charge on any atom is 0.343 e. The van der Waals surface area contributed by atoms with E-state index in [4.69, 9.17) is 13.9 Å². The molecule has 152 valence electrons. The number of carbonyl (C=O) groups excluding carboxylic acids is 1. The van der Waals surface area contributed by atoms with E-state index in [9.17, 15) is 9.59 Å². The van der Waals surface area contributed by atoms with Crippen LogP contribution in [0.2, 0.25) is 0 Å². The number of hydrogen-bond donors (Lipinski definition) is 0. The van der Waals surface area contributed by atoms with Crippen LogP contribution in [-0.4, -0.2) is 12.6 Å². The second-order valence-corrected chi connectivity index (χ2v) is 6.98. The van der Waals surface area contributed by atoms with Gasteiger partial charge in [0.15, 0.2) is 0 Å². The van der Waals surface area contributed by atoms with Crippen molar-refractivity contribution < 1.29 is 18.7 Å². The van der Waals surface area contributed by atoms with Gasteiger partial charge in [-0.1, -0.05) is 39.0 Å². The summed E-state index contributed by atoms with van der Waals surface area (Å²) in [4.78, 5) is 23.6. The summed E-state index contributed by atoms with van der Waals surface area (Å²) in [5.41, 5.74) is 0.474. The summed E-state index contributed by atoms with van der Waals surface area (Å²) in [6.45, 7) is 2.90. The van der Waals surface area contributed by atoms with Crippen LogP contribution in [-0.2, 0) is 0 Å². The molecule has 0 atom stereocenters. The summed E-state index contributed by atoms with van der Waals surface area (Å²) in [7, 11) is 0. The highest BCUT2D eigenvalue weighted by Gasteiger charge is 2.10. The van der Waals surface area contributed by atoms with Crippen molar-refractivity contribution in [2.45, 2.75) is 45.4 Å². The largest absolute Gasteiger partial charge is 0.494 e. The second kappa shape index (κ2) is 10.5. The van der Waals surface area contributed by atoms with E-state index >= 15 is 0 Å². The molecule has 0 saturated carbocycles. The van der Waals surface area contributed by atoms with Gasteiger partial charge in [0.25, 0.3) is 0 Å². The molecule has 0 fully saturated rings. The molecule has 29 heavy (non-hydrogen) atoms. The SMILES string of the molecule is CCCCCCCCOc1ccc(C(=O)Oc2ccc3oc(=O)ccc3c2)cc1. The van der Waals surface area contributed by atoms with E-state index in [1.54, 1.807) is 48.5 Å². The van der Waals surface area contributed by atoms with E-state index in [0.29, 0.717) is 28.9 Å². The van der Waals surface area contributed by atoms with Gasteiger partial charge in [-0.25, -0.2) is 9.59 Å². The fraction of sp³-hybridized carbons (Fsp3) is 0.333. The zero-order valence-corrected chi connectivity index (χ0v) is 16.7. The molecule has 1 heterocycles. The van der Waals surface area contributed by atoms with Gasteiger partial charge in [-0.15, -0.1) is 0 Å². The van der Waals surface area contributed by atoms with Gasteiger partial charge in [0.2, 0.25) is 0 Å². The molecule has 3 aromatic rings. The van der Waals surface area contributed by atoms with Crippen molar-refractivity contribution in [3.8, 4) is 11.5 Å². The van der Waals surface area contributed by atoms with Gasteiger partial charge in [-0.05, 0) is 55.0 Å². The van der Waals surface area contributed by atoms with Crippen LogP contribution >= 0.6 is 0 Å². The molecule has 0 N–H and O–H groups in total. The molecular formula is C24H26O5. The number of esters is 1. The van der Waals surface area contributed by atoms with Gasteiger partial charge in [0, 0.05) is 11.5 Å². The van der Waals surface area contributed by atoms with Crippen LogP contribution in [0.3, 0.4) is 0 Å². The number of rotatable bonds is 10. The third-order valence-electron chi connectivity index (χ3n) is 4.66. The summed E-state index contributed by atoms with van der Waals surface area (Å²) < 4.78 is 16.2. The van der Waals surface area contributed by atoms with Crippen LogP contribution in [0, 0.1) is 0 Å². The van der Waals surface area contributed by atoms with Crippen molar-refractivity contribution in [1.82, 2.24) is 0 Å². The van der Waals surface area contributed by atoms with Crippen LogP contribution < -0.4 is 15.1 Å². The number of carbonyl (C=O) groups is 1. The molecule has 0 amide bonds. The van der Waals surface area contributed by atoms with E-state index in [1.807, 2.05) is 0 Å². The van der Waals surface area contributed by atoms with Gasteiger partial charge >= 0.3 is 11.6 Å². The normalized spacial score (nSPS) is 10.8. The number of fused-ring (bicyclic) bond motifs is 1. The number of hydrogen-bond acceptors (Lipinski definition) is 5. The summed E-state index contributed by atoms with van der Waals surface area (Å²) in [6, 6.07) is 14.8. The van der Waals surface area contributed by atoms with Crippen molar-refractivity contribution in [3.63, 3.8) is 0 Å². The molecule has 0 aliphatic heterocycles. The molecule has 0 unspecified atom stereocenters. The smallest absolute Gasteiger partial charge is 0.343 e. The Morgan fingerprint density at radius 1 is 0.862 bits per heavy atom. The monoisotopic (exact) mass is 394 g/mol. The molecule has 0 saturated heterocycles. The number of benzene rings is 2. The van der Waals surface area contributed by atoms with Crippen molar-refractivity contribution in [3.05, 3.63) is 70.6 Å². The summed E-state index contributed by atoms with van der Waals surface area (Å²) in [5.74, 6) is 0.680. The standard InChI is InChI=1S/C24H26O5/c1-2-3-4-5-6-7-16-27-20-11-8-18(9-12-20)24(26)28-21-13-14-22-19(17-21)10-15-23(25)29-22/h8-15,17H,2-7,16H2,1H3. The Bertz CT molecular complexity index is 988. The van der Waals surface area contributed by atoms with Crippen LogP contribution in [0.4, 0.5) is 0 Å². The van der Waals surface area contributed by atoms with Crippen molar-refractivity contribution in [2.24, 2.45) is 0 Å². The zero-order valence-electron chi connectivity index (χ0n) is 16.7. The van der Waals surface area contributed by atoms with Crippen molar-refractivity contribution in [2.75, 3.05) is 6.61 Å². The lowest BCUT2D eigenvalue weighted by Crippen LogP contribution is -2.08. The van der Waals surface area contributed by atoms with Gasteiger partial charge in [-0.2, -0.15) is 0 Å². The molecule has 0 radical (unpaired) electrons. The topological polar surface area (TPSA) is 65.7 Å². The first-order chi connectivity index (χ1) is 14.2. The van der Waals surface area contributed by atoms with Gasteiger partial charge in [0.05, 0.1) is 12.2 Å². The minimum absolute atomic E-state index is 0.389. The molecular weight excluding hydrogens is 368 g/mol. The summed E-state index contributed by atoms with van der Waals surface area (Å²) in [6.07, 6.45) is 7.31. The Labute approximate surface area is 170 Å². The predicted octanol–water partition coefficient (Wildman–Crippen LogP) is 5.75. The lowest BCUT2D eigenvalue weighted by atomic mass is 10.1. The molecule has 0 aliphatic rings. The highest BCUT2D eigenvalue weighted by atomic mass is 16.5. The Hall–Kier alpha value is -3.08. The quantitative estimate of drug-likeness (QED) is 0.189. The lowest BCUT2D eigenvalue weighted by molar-refractivity contribution is 0.0735. The van der Waals surface area contributed by atoms with Gasteiger partial charge < -0.3 is 13.9 Å². The fourth-order valence-electron chi connectivity index (χ4n) is 3.04. The maximum atomic E-state index is 12.4. The summed E-state index contributed by atoms with van der Waals surface area (Å²) in [5, 5.41) is 0.688. The first-order valence-corrected chi connectivity index (χ1v) is 10.1. The molecule has 5 nitrogen and oxygen atoms in total. The Morgan fingerprint density at radius 2 is 1.59 bits per heavy atom. The molecule has 1 aromatic heterocycles. The molecule has 0 bridgehead atoms. The van der Waals surface area contributed by atoms with Crippen LogP contribution in [0.5, 0.6) is 11.5 Å². The van der Waals surface area contributed by atoms with E-state index in [0.717, 1.165) is 12.2 Å². The Balaban J connectivity index is 1.50. The average molecular weight is 394 g/mol. The third kappa shape index (κ3) is 6.21. The maximum absolute atomic E-state index is 12.4. The molecule has 2 aromatic carbocycles. The number of unbranched alkanes of at least 4 members (excludes halogenated alkanes) is 5. The molecule has 3 rings (SSSR count). The minimum atomic E-state index is -0.454. The van der Waals surface area contributed by atoms with Crippen LogP contribution in [0.25, 0.3) is 11.0 Å². The third-order valence-corrected chi connectivity index (χ3v) is 4.66. The van der Waals surface area contributed by atoms with Gasteiger partial charge in [-0.3, -0.25) is 0 Å². The van der Waals surface area contributed by atoms with E-state index in [1.165, 1.54) is 38.2 Å². The van der Waals surface area contributed by atoms with Gasteiger partial charge in [0.1, 0.15) is 17.1 Å². The Morgan fingerprint density at radius 3 is 2.38 bits per heavy atom. The highest BCUT2D eigenvalue weighted by Crippen LogP contribution is 2.21. The van der Waals surface area contributed by atoms with Crippen LogP contribution in [0.1, 0.15) is 55.8 Å². The molecule has 0 spiro atoms. The first kappa shape index (κ1) is 20.6. The number of ether oxygens (including phenoxy) is 2. The Kier molecular flexibility index (Phi) is 7.45. The highest BCUT2D eigenvalue weighted by molar-refractivity contribution is 5.91. The van der Waals surface area contributed by atoms with E-state index < -0.39 is 11.6 Å². The molecule has 0 aliphatic carbocycles. The minimum Gasteiger partial charge on any atom is -0.494 e. The predicted molar refractivity (Wildman–Crippen MR) is 113 cm³/mol. The first-order valence-electron chi connectivity index (χ1n) is 10.1. The van der Waals surface area contributed by atoms with Crippen molar-refractivity contribution in [1.29, 1.82) is 0 Å². The zero-order chi connectivity index (χ0) is 20.5. The van der Waals surface area contributed by atoms with Crippen LogP contribution in [0.15, 0.2) is 63.8 Å². The average Bonchev–Trinajstić information content (AvgIpc) is 2.73. The van der Waals surface area contributed by atoms with E-state index in [2.05, 4.69) is 6.92 Å². The van der Waals surface area contributed by atoms with E-state index in [-0.39, 0.29) is 0 Å². The lowest BCUT2D eigenvalue weighted by Gasteiger charge is -2.08. The summed E-state index contributed by atoms with van der Waals surface area (Å²) >= 11 is 0.